The number of hydrogen-bond donors (Lipinski definition) is 1. The molecule has 0 amide bonds. The number of nitrogen functional groups attached to an aromatic ring is 1. The van der Waals surface area contributed by atoms with E-state index in [1.807, 2.05) is 30.3 Å². The minimum absolute atomic E-state index is 0.205. The topological polar surface area (TPSA) is 52.3 Å². The minimum atomic E-state index is -0.520. The van der Waals surface area contributed by atoms with Crippen LogP contribution in [0.1, 0.15) is 18.1 Å². The Kier molecular flexibility index (Phi) is 6.23. The summed E-state index contributed by atoms with van der Waals surface area (Å²) < 4.78 is 19.4. The zero-order valence-electron chi connectivity index (χ0n) is 12.8. The van der Waals surface area contributed by atoms with E-state index >= 15 is 0 Å². The molecule has 23 heavy (non-hydrogen) atoms. The molecule has 0 aliphatic rings. The van der Waals surface area contributed by atoms with Gasteiger partial charge in [0.05, 0.1) is 6.61 Å². The molecule has 5 heteroatoms. The van der Waals surface area contributed by atoms with Crippen molar-refractivity contribution in [3.05, 3.63) is 65.5 Å². The first kappa shape index (κ1) is 17.1. The van der Waals surface area contributed by atoms with E-state index in [9.17, 15) is 9.18 Å². The highest BCUT2D eigenvalue weighted by molar-refractivity contribution is 7.98. The maximum Gasteiger partial charge on any atom is 0.330 e. The van der Waals surface area contributed by atoms with Gasteiger partial charge in [-0.25, -0.2) is 9.18 Å². The molecule has 0 unspecified atom stereocenters. The summed E-state index contributed by atoms with van der Waals surface area (Å²) in [6.45, 7) is 1.98. The maximum atomic E-state index is 14.6. The third kappa shape index (κ3) is 4.86. The number of halogens is 1. The Labute approximate surface area is 139 Å². The van der Waals surface area contributed by atoms with Crippen molar-refractivity contribution in [3.63, 3.8) is 0 Å². The van der Waals surface area contributed by atoms with E-state index in [0.29, 0.717) is 10.6 Å². The predicted octanol–water partition coefficient (Wildman–Crippen LogP) is 4.28. The largest absolute Gasteiger partial charge is 0.463 e. The normalized spacial score (nSPS) is 10.9. The molecular weight excluding hydrogens is 313 g/mol. The minimum Gasteiger partial charge on any atom is -0.463 e. The van der Waals surface area contributed by atoms with Crippen LogP contribution in [0, 0.1) is 5.82 Å². The van der Waals surface area contributed by atoms with Crippen molar-refractivity contribution in [2.45, 2.75) is 17.6 Å². The summed E-state index contributed by atoms with van der Waals surface area (Å²) >= 11 is 1.39. The van der Waals surface area contributed by atoms with E-state index in [1.165, 1.54) is 23.9 Å². The summed E-state index contributed by atoms with van der Waals surface area (Å²) in [5.41, 5.74) is 7.40. The van der Waals surface area contributed by atoms with Crippen LogP contribution in [0.15, 0.2) is 53.4 Å². The predicted molar refractivity (Wildman–Crippen MR) is 92.5 cm³/mol. The Bertz CT molecular complexity index is 702. The Hall–Kier alpha value is -2.27. The van der Waals surface area contributed by atoms with Gasteiger partial charge in [0.15, 0.2) is 0 Å². The fraction of sp³-hybridized carbons (Fsp3) is 0.167. The fourth-order valence-corrected chi connectivity index (χ4v) is 2.86. The van der Waals surface area contributed by atoms with Crippen molar-refractivity contribution in [1.82, 2.24) is 0 Å². The lowest BCUT2D eigenvalue weighted by Gasteiger charge is -2.08. The van der Waals surface area contributed by atoms with Crippen LogP contribution >= 0.6 is 11.8 Å². The van der Waals surface area contributed by atoms with E-state index in [2.05, 4.69) is 0 Å². The second-order valence-electron chi connectivity index (χ2n) is 4.74. The van der Waals surface area contributed by atoms with Crippen molar-refractivity contribution in [2.75, 3.05) is 12.3 Å². The molecule has 0 aliphatic heterocycles. The van der Waals surface area contributed by atoms with E-state index in [4.69, 9.17) is 10.5 Å². The standard InChI is InChI=1S/C18H18FNO2S/c1-2-22-17(21)11-8-14-15(20)9-10-16(18(14)19)23-12-13-6-4-3-5-7-13/h3-11H,2,12,20H2,1H3/b11-8+. The lowest BCUT2D eigenvalue weighted by molar-refractivity contribution is -0.137. The van der Waals surface area contributed by atoms with E-state index in [0.717, 1.165) is 5.56 Å². The molecule has 3 nitrogen and oxygen atoms in total. The van der Waals surface area contributed by atoms with Gasteiger partial charge < -0.3 is 10.5 Å². The number of benzene rings is 2. The van der Waals surface area contributed by atoms with Gasteiger partial charge in [0, 0.05) is 28.0 Å². The van der Waals surface area contributed by atoms with Crippen LogP contribution in [0.2, 0.25) is 0 Å². The molecule has 0 aliphatic carbocycles. The van der Waals surface area contributed by atoms with Gasteiger partial charge in [0.1, 0.15) is 5.82 Å². The summed E-state index contributed by atoms with van der Waals surface area (Å²) in [5.74, 6) is -0.289. The van der Waals surface area contributed by atoms with Crippen LogP contribution in [0.25, 0.3) is 6.08 Å². The number of carbonyl (C=O) groups is 1. The van der Waals surface area contributed by atoms with Crippen LogP contribution in [-0.4, -0.2) is 12.6 Å². The molecule has 0 spiro atoms. The van der Waals surface area contributed by atoms with Crippen molar-refractivity contribution in [1.29, 1.82) is 0 Å². The van der Waals surface area contributed by atoms with Crippen LogP contribution in [0.3, 0.4) is 0 Å². The van der Waals surface area contributed by atoms with Gasteiger partial charge >= 0.3 is 5.97 Å². The van der Waals surface area contributed by atoms with Crippen molar-refractivity contribution in [2.24, 2.45) is 0 Å². The van der Waals surface area contributed by atoms with E-state index < -0.39 is 11.8 Å². The lowest BCUT2D eigenvalue weighted by Crippen LogP contribution is -2.00. The molecule has 0 fully saturated rings. The molecule has 0 heterocycles. The Balaban J connectivity index is 2.16. The van der Waals surface area contributed by atoms with Gasteiger partial charge in [0.2, 0.25) is 0 Å². The average molecular weight is 331 g/mol. The molecule has 2 aromatic rings. The van der Waals surface area contributed by atoms with Crippen molar-refractivity contribution >= 4 is 29.5 Å². The molecule has 2 aromatic carbocycles. The smallest absolute Gasteiger partial charge is 0.330 e. The first-order chi connectivity index (χ1) is 11.1. The van der Waals surface area contributed by atoms with Crippen LogP contribution in [-0.2, 0) is 15.3 Å². The molecule has 0 bridgehead atoms. The van der Waals surface area contributed by atoms with Crippen LogP contribution < -0.4 is 5.73 Å². The summed E-state index contributed by atoms with van der Waals surface area (Å²) in [6.07, 6.45) is 2.54. The second kappa shape index (κ2) is 8.39. The Morgan fingerprint density at radius 3 is 2.70 bits per heavy atom. The average Bonchev–Trinajstić information content (AvgIpc) is 2.55. The van der Waals surface area contributed by atoms with E-state index in [1.54, 1.807) is 19.1 Å². The Morgan fingerprint density at radius 1 is 1.26 bits per heavy atom. The molecule has 2 N–H and O–H groups in total. The lowest BCUT2D eigenvalue weighted by atomic mass is 10.1. The number of esters is 1. The monoisotopic (exact) mass is 331 g/mol. The second-order valence-corrected chi connectivity index (χ2v) is 5.76. The molecule has 0 aromatic heterocycles. The number of nitrogens with two attached hydrogens (primary N) is 1. The highest BCUT2D eigenvalue weighted by atomic mass is 32.2. The van der Waals surface area contributed by atoms with Crippen LogP contribution in [0.5, 0.6) is 0 Å². The summed E-state index contributed by atoms with van der Waals surface area (Å²) in [7, 11) is 0. The third-order valence-electron chi connectivity index (χ3n) is 3.09. The molecule has 0 saturated heterocycles. The van der Waals surface area contributed by atoms with Gasteiger partial charge in [0.25, 0.3) is 0 Å². The van der Waals surface area contributed by atoms with E-state index in [-0.39, 0.29) is 17.9 Å². The number of anilines is 1. The molecule has 120 valence electrons. The first-order valence-corrected chi connectivity index (χ1v) is 8.20. The van der Waals surface area contributed by atoms with Gasteiger partial charge in [-0.1, -0.05) is 30.3 Å². The summed E-state index contributed by atoms with van der Waals surface area (Å²) in [5, 5.41) is 0. The summed E-state index contributed by atoms with van der Waals surface area (Å²) in [4.78, 5) is 11.8. The first-order valence-electron chi connectivity index (χ1n) is 7.21. The highest BCUT2D eigenvalue weighted by Crippen LogP contribution is 2.30. The SMILES string of the molecule is CCOC(=O)/C=C/c1c(N)ccc(SCc2ccccc2)c1F. The van der Waals surface area contributed by atoms with Gasteiger partial charge in [-0.3, -0.25) is 0 Å². The molecule has 0 atom stereocenters. The molecule has 2 rings (SSSR count). The molecule has 0 radical (unpaired) electrons. The van der Waals surface area contributed by atoms with Gasteiger partial charge in [-0.15, -0.1) is 11.8 Å². The third-order valence-corrected chi connectivity index (χ3v) is 4.19. The quantitative estimate of drug-likeness (QED) is 0.371. The molecular formula is C18H18FNO2S. The van der Waals surface area contributed by atoms with Crippen molar-refractivity contribution < 1.29 is 13.9 Å². The number of rotatable bonds is 6. The molecule has 0 saturated carbocycles. The highest BCUT2D eigenvalue weighted by Gasteiger charge is 2.11. The van der Waals surface area contributed by atoms with Crippen molar-refractivity contribution in [3.8, 4) is 0 Å². The van der Waals surface area contributed by atoms with Crippen LogP contribution in [0.4, 0.5) is 10.1 Å². The zero-order valence-corrected chi connectivity index (χ0v) is 13.6. The Morgan fingerprint density at radius 2 is 2.00 bits per heavy atom. The van der Waals surface area contributed by atoms with Gasteiger partial charge in [-0.2, -0.15) is 0 Å². The fourth-order valence-electron chi connectivity index (χ4n) is 1.95. The van der Waals surface area contributed by atoms with Gasteiger partial charge in [-0.05, 0) is 30.7 Å². The number of ether oxygens (including phenoxy) is 1. The zero-order chi connectivity index (χ0) is 16.7. The number of carbonyl (C=O) groups excluding carboxylic acids is 1. The summed E-state index contributed by atoms with van der Waals surface area (Å²) in [6, 6.07) is 13.1. The number of thioether (sulfide) groups is 1. The number of hydrogen-bond acceptors (Lipinski definition) is 4. The maximum absolute atomic E-state index is 14.6.